The number of nitro benzene ring substituents is 1. The summed E-state index contributed by atoms with van der Waals surface area (Å²) < 4.78 is 0. The van der Waals surface area contributed by atoms with Crippen LogP contribution < -0.4 is 0 Å². The Bertz CT molecular complexity index is 521. The number of hydrogen-bond acceptors (Lipinski definition) is 4. The molecule has 0 aliphatic rings. The molecule has 0 spiro atoms. The Balaban J connectivity index is 3.66. The minimum atomic E-state index is -0.688. The van der Waals surface area contributed by atoms with E-state index in [-0.39, 0.29) is 16.8 Å². The van der Waals surface area contributed by atoms with E-state index < -0.39 is 4.92 Å². The average molecular weight is 199 g/mol. The molecule has 0 aromatic heterocycles. The maximum atomic E-state index is 10.6. The second kappa shape index (κ2) is 4.03. The summed E-state index contributed by atoms with van der Waals surface area (Å²) in [5.41, 5.74) is -0.180. The molecule has 5 nitrogen and oxygen atoms in total. The van der Waals surface area contributed by atoms with Crippen LogP contribution in [0.5, 0.6) is 0 Å². The molecule has 0 amide bonds. The van der Waals surface area contributed by atoms with Crippen molar-refractivity contribution in [3.63, 3.8) is 0 Å². The molecular formula is C10H5N3O2. The van der Waals surface area contributed by atoms with E-state index in [0.717, 1.165) is 0 Å². The lowest BCUT2D eigenvalue weighted by Gasteiger charge is -2.00. The topological polar surface area (TPSA) is 90.7 Å². The Hall–Kier alpha value is -2.66. The van der Waals surface area contributed by atoms with E-state index in [9.17, 15) is 10.1 Å². The van der Waals surface area contributed by atoms with Crippen molar-refractivity contribution in [2.75, 3.05) is 0 Å². The van der Waals surface area contributed by atoms with E-state index in [4.69, 9.17) is 10.5 Å². The van der Waals surface area contributed by atoms with Crippen molar-refractivity contribution in [3.8, 4) is 12.1 Å². The van der Waals surface area contributed by atoms with Gasteiger partial charge in [-0.1, -0.05) is 12.7 Å². The maximum absolute atomic E-state index is 10.6. The molecule has 72 valence electrons. The summed E-state index contributed by atoms with van der Waals surface area (Å²) in [7, 11) is 0. The summed E-state index contributed by atoms with van der Waals surface area (Å²) in [6.07, 6.45) is 1.38. The quantitative estimate of drug-likeness (QED) is 0.537. The fraction of sp³-hybridized carbons (Fsp3) is 0. The van der Waals surface area contributed by atoms with Gasteiger partial charge in [-0.05, 0) is 11.6 Å². The molecule has 0 atom stereocenters. The van der Waals surface area contributed by atoms with E-state index in [1.807, 2.05) is 0 Å². The highest BCUT2D eigenvalue weighted by Gasteiger charge is 2.19. The Morgan fingerprint density at radius 2 is 1.93 bits per heavy atom. The van der Waals surface area contributed by atoms with Crippen LogP contribution in [0.15, 0.2) is 18.7 Å². The van der Waals surface area contributed by atoms with Crippen LogP contribution in [0.25, 0.3) is 6.08 Å². The van der Waals surface area contributed by atoms with Crippen LogP contribution in [-0.2, 0) is 0 Å². The van der Waals surface area contributed by atoms with E-state index >= 15 is 0 Å². The zero-order chi connectivity index (χ0) is 11.4. The van der Waals surface area contributed by atoms with Gasteiger partial charge in [-0.3, -0.25) is 10.1 Å². The molecule has 0 radical (unpaired) electrons. The van der Waals surface area contributed by atoms with Crippen molar-refractivity contribution >= 4 is 11.8 Å². The lowest BCUT2D eigenvalue weighted by molar-refractivity contribution is -0.385. The van der Waals surface area contributed by atoms with Gasteiger partial charge in [-0.15, -0.1) is 0 Å². The molecule has 0 bridgehead atoms. The van der Waals surface area contributed by atoms with Crippen LogP contribution in [0.3, 0.4) is 0 Å². The van der Waals surface area contributed by atoms with Gasteiger partial charge in [0.05, 0.1) is 10.5 Å². The zero-order valence-corrected chi connectivity index (χ0v) is 7.60. The molecule has 0 saturated carbocycles. The van der Waals surface area contributed by atoms with E-state index in [2.05, 4.69) is 6.58 Å². The molecule has 1 rings (SSSR count). The average Bonchev–Trinajstić information content (AvgIpc) is 2.26. The highest BCUT2D eigenvalue weighted by molar-refractivity contribution is 5.68. The van der Waals surface area contributed by atoms with Gasteiger partial charge in [-0.25, -0.2) is 0 Å². The van der Waals surface area contributed by atoms with Crippen molar-refractivity contribution in [1.82, 2.24) is 0 Å². The van der Waals surface area contributed by atoms with Gasteiger partial charge >= 0.3 is 0 Å². The number of nitriles is 2. The highest BCUT2D eigenvalue weighted by atomic mass is 16.6. The Morgan fingerprint density at radius 1 is 1.33 bits per heavy atom. The molecule has 1 aromatic carbocycles. The normalized spacial score (nSPS) is 8.67. The largest absolute Gasteiger partial charge is 0.288 e. The minimum Gasteiger partial charge on any atom is -0.258 e. The van der Waals surface area contributed by atoms with Crippen LogP contribution in [0.2, 0.25) is 0 Å². The van der Waals surface area contributed by atoms with Crippen LogP contribution >= 0.6 is 0 Å². The second-order valence-corrected chi connectivity index (χ2v) is 2.61. The first-order valence-corrected chi connectivity index (χ1v) is 3.89. The molecule has 1 aromatic rings. The molecule has 0 N–H and O–H groups in total. The summed E-state index contributed by atoms with van der Waals surface area (Å²) in [6.45, 7) is 3.46. The fourth-order valence-electron chi connectivity index (χ4n) is 1.16. The summed E-state index contributed by atoms with van der Waals surface area (Å²) >= 11 is 0. The summed E-state index contributed by atoms with van der Waals surface area (Å²) in [5.74, 6) is 0. The molecule has 0 heterocycles. The number of hydrogen-bond donors (Lipinski definition) is 0. The molecule has 15 heavy (non-hydrogen) atoms. The highest BCUT2D eigenvalue weighted by Crippen LogP contribution is 2.24. The van der Waals surface area contributed by atoms with E-state index in [0.29, 0.717) is 5.56 Å². The predicted octanol–water partition coefficient (Wildman–Crippen LogP) is 1.98. The first-order chi connectivity index (χ1) is 7.15. The number of benzene rings is 1. The van der Waals surface area contributed by atoms with Crippen LogP contribution in [0.1, 0.15) is 16.7 Å². The number of nitrogens with zero attached hydrogens (tertiary/aromatic N) is 3. The van der Waals surface area contributed by atoms with Crippen molar-refractivity contribution in [3.05, 3.63) is 45.5 Å². The molecule has 5 heteroatoms. The van der Waals surface area contributed by atoms with Crippen LogP contribution in [-0.4, -0.2) is 4.92 Å². The van der Waals surface area contributed by atoms with Crippen molar-refractivity contribution in [1.29, 1.82) is 10.5 Å². The fourth-order valence-corrected chi connectivity index (χ4v) is 1.16. The van der Waals surface area contributed by atoms with Crippen LogP contribution in [0, 0.1) is 32.8 Å². The SMILES string of the molecule is C=Cc1ccc([N+](=O)[O-])c(C#N)c1C#N. The van der Waals surface area contributed by atoms with Crippen LogP contribution in [0.4, 0.5) is 5.69 Å². The Kier molecular flexibility index (Phi) is 2.80. The monoisotopic (exact) mass is 199 g/mol. The summed E-state index contributed by atoms with van der Waals surface area (Å²) in [4.78, 5) is 9.88. The summed E-state index contributed by atoms with van der Waals surface area (Å²) in [5, 5.41) is 28.1. The first kappa shape index (κ1) is 10.4. The van der Waals surface area contributed by atoms with Gasteiger partial charge in [-0.2, -0.15) is 10.5 Å². The third kappa shape index (κ3) is 1.67. The summed E-state index contributed by atoms with van der Waals surface area (Å²) in [6, 6.07) is 6.01. The molecular weight excluding hydrogens is 194 g/mol. The predicted molar refractivity (Wildman–Crippen MR) is 52.6 cm³/mol. The number of nitro groups is 1. The van der Waals surface area contributed by atoms with Gasteiger partial charge in [0, 0.05) is 6.07 Å². The second-order valence-electron chi connectivity index (χ2n) is 2.61. The van der Waals surface area contributed by atoms with Gasteiger partial charge in [0.25, 0.3) is 5.69 Å². The van der Waals surface area contributed by atoms with Gasteiger partial charge in [0.15, 0.2) is 0 Å². The van der Waals surface area contributed by atoms with Gasteiger partial charge in [0.2, 0.25) is 0 Å². The Morgan fingerprint density at radius 3 is 2.33 bits per heavy atom. The Labute approximate surface area is 85.6 Å². The number of rotatable bonds is 2. The molecule has 0 aliphatic carbocycles. The van der Waals surface area contributed by atoms with Crippen molar-refractivity contribution in [2.24, 2.45) is 0 Å². The first-order valence-electron chi connectivity index (χ1n) is 3.89. The smallest absolute Gasteiger partial charge is 0.258 e. The molecule has 0 saturated heterocycles. The lowest BCUT2D eigenvalue weighted by atomic mass is 10.0. The third-order valence-corrected chi connectivity index (χ3v) is 1.86. The van der Waals surface area contributed by atoms with Crippen molar-refractivity contribution in [2.45, 2.75) is 0 Å². The third-order valence-electron chi connectivity index (χ3n) is 1.86. The lowest BCUT2D eigenvalue weighted by Crippen LogP contribution is -1.97. The van der Waals surface area contributed by atoms with Gasteiger partial charge < -0.3 is 0 Å². The maximum Gasteiger partial charge on any atom is 0.288 e. The standard InChI is InChI=1S/C10H5N3O2/c1-2-7-3-4-10(13(14)15)9(6-12)8(7)5-11/h2-4H,1H2. The minimum absolute atomic E-state index is 0.0123. The van der Waals surface area contributed by atoms with E-state index in [1.54, 1.807) is 12.1 Å². The molecule has 0 aliphatic heterocycles. The molecule has 0 fully saturated rings. The van der Waals surface area contributed by atoms with Gasteiger partial charge in [0.1, 0.15) is 17.7 Å². The van der Waals surface area contributed by atoms with Crippen molar-refractivity contribution < 1.29 is 4.92 Å². The zero-order valence-electron chi connectivity index (χ0n) is 7.60. The molecule has 0 unspecified atom stereocenters. The van der Waals surface area contributed by atoms with E-state index in [1.165, 1.54) is 18.2 Å².